The number of aliphatic hydroxyl groups is 1. The Hall–Kier alpha value is -1.50. The Labute approximate surface area is 150 Å². The molecule has 2 saturated heterocycles. The minimum absolute atomic E-state index is 0.0564. The smallest absolute Gasteiger partial charge is 0.410 e. The third-order valence-corrected chi connectivity index (χ3v) is 4.42. The number of carbonyl (C=O) groups excluding carboxylic acids is 2. The standard InChI is InChI=1S/C18H32N2O5/c1-16(2,3)24-14(21)19-11-18(23)9-12-7-8-13(10-18)20(12)15(22)25-17(4,5)6/h12-13,23H,7-11H2,1-6H3,(H,19,21)/t12-,13+,18?. The van der Waals surface area contributed by atoms with E-state index in [2.05, 4.69) is 5.32 Å². The molecule has 7 nitrogen and oxygen atoms in total. The van der Waals surface area contributed by atoms with Gasteiger partial charge in [-0.25, -0.2) is 9.59 Å². The summed E-state index contributed by atoms with van der Waals surface area (Å²) in [5.74, 6) is 0. The molecule has 0 radical (unpaired) electrons. The molecule has 0 aromatic rings. The molecule has 2 heterocycles. The van der Waals surface area contributed by atoms with E-state index in [4.69, 9.17) is 9.47 Å². The molecule has 2 aliphatic rings. The summed E-state index contributed by atoms with van der Waals surface area (Å²) in [5.41, 5.74) is -2.14. The monoisotopic (exact) mass is 356 g/mol. The lowest BCUT2D eigenvalue weighted by molar-refractivity contribution is -0.0580. The van der Waals surface area contributed by atoms with Crippen LogP contribution in [0.2, 0.25) is 0 Å². The van der Waals surface area contributed by atoms with Gasteiger partial charge in [-0.3, -0.25) is 0 Å². The summed E-state index contributed by atoms with van der Waals surface area (Å²) in [4.78, 5) is 26.0. The van der Waals surface area contributed by atoms with E-state index >= 15 is 0 Å². The molecular formula is C18H32N2O5. The van der Waals surface area contributed by atoms with Crippen molar-refractivity contribution in [2.75, 3.05) is 6.54 Å². The van der Waals surface area contributed by atoms with Gasteiger partial charge in [0.2, 0.25) is 0 Å². The molecule has 144 valence electrons. The highest BCUT2D eigenvalue weighted by Crippen LogP contribution is 2.41. The van der Waals surface area contributed by atoms with E-state index in [-0.39, 0.29) is 24.7 Å². The van der Waals surface area contributed by atoms with E-state index in [9.17, 15) is 14.7 Å². The van der Waals surface area contributed by atoms with E-state index in [1.807, 2.05) is 20.8 Å². The van der Waals surface area contributed by atoms with Crippen molar-refractivity contribution in [1.82, 2.24) is 10.2 Å². The van der Waals surface area contributed by atoms with E-state index in [0.29, 0.717) is 12.8 Å². The summed E-state index contributed by atoms with van der Waals surface area (Å²) >= 11 is 0. The normalized spacial score (nSPS) is 29.3. The Bertz CT molecular complexity index is 507. The first-order valence-corrected chi connectivity index (χ1v) is 8.99. The molecule has 0 aromatic heterocycles. The number of ether oxygens (including phenoxy) is 2. The molecule has 2 bridgehead atoms. The quantitative estimate of drug-likeness (QED) is 0.794. The Kier molecular flexibility index (Phi) is 5.28. The van der Waals surface area contributed by atoms with Crippen molar-refractivity contribution in [1.29, 1.82) is 0 Å². The van der Waals surface area contributed by atoms with Gasteiger partial charge in [0, 0.05) is 18.6 Å². The Morgan fingerprint density at radius 2 is 1.52 bits per heavy atom. The predicted molar refractivity (Wildman–Crippen MR) is 93.3 cm³/mol. The number of nitrogens with zero attached hydrogens (tertiary/aromatic N) is 1. The summed E-state index contributed by atoms with van der Waals surface area (Å²) in [5, 5.41) is 13.5. The van der Waals surface area contributed by atoms with Crippen LogP contribution in [0.25, 0.3) is 0 Å². The SMILES string of the molecule is CC(C)(C)OC(=O)NCC1(O)C[C@H]2CC[C@@H](C1)N2C(=O)OC(C)(C)C. The maximum absolute atomic E-state index is 12.4. The Morgan fingerprint density at radius 1 is 1.04 bits per heavy atom. The van der Waals surface area contributed by atoms with Crippen molar-refractivity contribution in [3.8, 4) is 0 Å². The van der Waals surface area contributed by atoms with E-state index in [1.165, 1.54) is 0 Å². The zero-order valence-corrected chi connectivity index (χ0v) is 16.2. The van der Waals surface area contributed by atoms with Gasteiger partial charge in [0.15, 0.2) is 0 Å². The maximum Gasteiger partial charge on any atom is 0.410 e. The van der Waals surface area contributed by atoms with Crippen LogP contribution in [0.1, 0.15) is 67.2 Å². The molecule has 25 heavy (non-hydrogen) atoms. The molecular weight excluding hydrogens is 324 g/mol. The zero-order chi connectivity index (χ0) is 19.0. The average Bonchev–Trinajstić information content (AvgIpc) is 2.66. The summed E-state index contributed by atoms with van der Waals surface area (Å²) in [6.07, 6.45) is 1.69. The van der Waals surface area contributed by atoms with Crippen LogP contribution < -0.4 is 5.32 Å². The molecule has 2 N–H and O–H groups in total. The fourth-order valence-electron chi connectivity index (χ4n) is 3.63. The molecule has 1 unspecified atom stereocenters. The number of rotatable bonds is 2. The minimum atomic E-state index is -1.03. The van der Waals surface area contributed by atoms with Crippen molar-refractivity contribution in [2.24, 2.45) is 0 Å². The fourth-order valence-corrected chi connectivity index (χ4v) is 3.63. The summed E-state index contributed by atoms with van der Waals surface area (Å²) in [6, 6.07) is -0.113. The minimum Gasteiger partial charge on any atom is -0.444 e. The number of carbonyl (C=O) groups is 2. The van der Waals surface area contributed by atoms with Crippen LogP contribution in [-0.4, -0.2) is 57.6 Å². The first-order chi connectivity index (χ1) is 11.3. The van der Waals surface area contributed by atoms with Gasteiger partial charge >= 0.3 is 12.2 Å². The molecule has 2 rings (SSSR count). The molecule has 2 fully saturated rings. The predicted octanol–water partition coefficient (Wildman–Crippen LogP) is 2.80. The summed E-state index contributed by atoms with van der Waals surface area (Å²) < 4.78 is 10.7. The lowest BCUT2D eigenvalue weighted by atomic mass is 9.86. The van der Waals surface area contributed by atoms with Gasteiger partial charge in [-0.15, -0.1) is 0 Å². The van der Waals surface area contributed by atoms with Gasteiger partial charge in [-0.2, -0.15) is 0 Å². The van der Waals surface area contributed by atoms with Crippen LogP contribution in [0.4, 0.5) is 9.59 Å². The lowest BCUT2D eigenvalue weighted by Crippen LogP contribution is -2.57. The summed E-state index contributed by atoms with van der Waals surface area (Å²) in [6.45, 7) is 11.0. The molecule has 0 aromatic carbocycles. The average molecular weight is 356 g/mol. The van der Waals surface area contributed by atoms with Crippen LogP contribution in [0.15, 0.2) is 0 Å². The highest BCUT2D eigenvalue weighted by atomic mass is 16.6. The second kappa shape index (κ2) is 6.67. The Balaban J connectivity index is 1.94. The second-order valence-corrected chi connectivity index (χ2v) is 9.26. The summed E-state index contributed by atoms with van der Waals surface area (Å²) in [7, 11) is 0. The number of piperidine rings is 1. The number of hydrogen-bond donors (Lipinski definition) is 2. The van der Waals surface area contributed by atoms with E-state index < -0.39 is 22.9 Å². The van der Waals surface area contributed by atoms with Gasteiger partial charge in [0.25, 0.3) is 0 Å². The van der Waals surface area contributed by atoms with Gasteiger partial charge in [0.05, 0.1) is 5.60 Å². The maximum atomic E-state index is 12.4. The van der Waals surface area contributed by atoms with Crippen molar-refractivity contribution in [3.05, 3.63) is 0 Å². The van der Waals surface area contributed by atoms with Crippen LogP contribution in [0, 0.1) is 0 Å². The van der Waals surface area contributed by atoms with Crippen molar-refractivity contribution < 1.29 is 24.2 Å². The van der Waals surface area contributed by atoms with Gasteiger partial charge in [-0.05, 0) is 67.2 Å². The highest BCUT2D eigenvalue weighted by molar-refractivity contribution is 5.70. The van der Waals surface area contributed by atoms with Gasteiger partial charge in [0.1, 0.15) is 11.2 Å². The first-order valence-electron chi connectivity index (χ1n) is 8.99. The number of hydrogen-bond acceptors (Lipinski definition) is 5. The Morgan fingerprint density at radius 3 is 1.96 bits per heavy atom. The van der Waals surface area contributed by atoms with E-state index in [0.717, 1.165) is 12.8 Å². The molecule has 3 atom stereocenters. The van der Waals surface area contributed by atoms with Crippen LogP contribution in [0.5, 0.6) is 0 Å². The number of fused-ring (bicyclic) bond motifs is 2. The number of amides is 2. The van der Waals surface area contributed by atoms with Crippen LogP contribution in [-0.2, 0) is 9.47 Å². The fraction of sp³-hybridized carbons (Fsp3) is 0.889. The van der Waals surface area contributed by atoms with Crippen molar-refractivity contribution >= 4 is 12.2 Å². The van der Waals surface area contributed by atoms with Crippen LogP contribution in [0.3, 0.4) is 0 Å². The molecule has 7 heteroatoms. The second-order valence-electron chi connectivity index (χ2n) is 9.26. The number of alkyl carbamates (subject to hydrolysis) is 1. The van der Waals surface area contributed by atoms with Crippen molar-refractivity contribution in [3.63, 3.8) is 0 Å². The molecule has 2 aliphatic heterocycles. The molecule has 2 amide bonds. The third-order valence-electron chi connectivity index (χ3n) is 4.42. The zero-order valence-electron chi connectivity index (χ0n) is 16.2. The largest absolute Gasteiger partial charge is 0.444 e. The van der Waals surface area contributed by atoms with Gasteiger partial charge < -0.3 is 24.8 Å². The number of nitrogens with one attached hydrogen (secondary N) is 1. The highest BCUT2D eigenvalue weighted by Gasteiger charge is 2.50. The topological polar surface area (TPSA) is 88.1 Å². The van der Waals surface area contributed by atoms with Crippen molar-refractivity contribution in [2.45, 2.75) is 96.1 Å². The van der Waals surface area contributed by atoms with E-state index in [1.54, 1.807) is 25.7 Å². The molecule has 0 spiro atoms. The van der Waals surface area contributed by atoms with Crippen LogP contribution >= 0.6 is 0 Å². The lowest BCUT2D eigenvalue weighted by Gasteiger charge is -2.43. The third kappa shape index (κ3) is 5.49. The molecule has 0 saturated carbocycles. The van der Waals surface area contributed by atoms with Gasteiger partial charge in [-0.1, -0.05) is 0 Å². The first kappa shape index (κ1) is 19.8. The molecule has 0 aliphatic carbocycles.